The molecule has 1 aliphatic carbocycles. The van der Waals surface area contributed by atoms with Crippen molar-refractivity contribution in [3.63, 3.8) is 0 Å². The van der Waals surface area contributed by atoms with Crippen LogP contribution in [-0.4, -0.2) is 29.7 Å². The molecule has 1 fully saturated rings. The lowest BCUT2D eigenvalue weighted by atomic mass is 9.80. The van der Waals surface area contributed by atoms with Gasteiger partial charge in [-0.15, -0.1) is 0 Å². The molecule has 0 saturated heterocycles. The minimum absolute atomic E-state index is 0.548. The summed E-state index contributed by atoms with van der Waals surface area (Å²) >= 11 is 0. The third-order valence-corrected chi connectivity index (χ3v) is 3.47. The Kier molecular flexibility index (Phi) is 4.53. The van der Waals surface area contributed by atoms with Gasteiger partial charge in [0.25, 0.3) is 0 Å². The van der Waals surface area contributed by atoms with Crippen LogP contribution in [0.3, 0.4) is 0 Å². The molecule has 0 aliphatic heterocycles. The lowest BCUT2D eigenvalue weighted by molar-refractivity contribution is 0.0255. The van der Waals surface area contributed by atoms with E-state index in [0.717, 1.165) is 32.4 Å². The molecule has 0 bridgehead atoms. The molecule has 0 heterocycles. The quantitative estimate of drug-likeness (QED) is 0.716. The number of nitrogens with zero attached hydrogens (tertiary/aromatic N) is 2. The summed E-state index contributed by atoms with van der Waals surface area (Å²) in [5.41, 5.74) is -1.26. The van der Waals surface area contributed by atoms with Crippen LogP contribution in [0, 0.1) is 11.3 Å². The molecule has 3 heteroatoms. The third kappa shape index (κ3) is 2.69. The number of halogens is 1. The fourth-order valence-corrected chi connectivity index (χ4v) is 2.53. The van der Waals surface area contributed by atoms with Gasteiger partial charge < -0.3 is 0 Å². The van der Waals surface area contributed by atoms with Crippen LogP contribution in [0.1, 0.15) is 46.0 Å². The van der Waals surface area contributed by atoms with E-state index < -0.39 is 11.7 Å². The zero-order valence-corrected chi connectivity index (χ0v) is 9.80. The normalized spacial score (nSPS) is 22.3. The third-order valence-electron chi connectivity index (χ3n) is 3.47. The zero-order chi connectivity index (χ0) is 11.3. The summed E-state index contributed by atoms with van der Waals surface area (Å²) in [6.07, 6.45) is 4.08. The van der Waals surface area contributed by atoms with Crippen molar-refractivity contribution in [2.45, 2.75) is 57.7 Å². The van der Waals surface area contributed by atoms with Gasteiger partial charge in [-0.25, -0.2) is 4.39 Å². The van der Waals surface area contributed by atoms with Crippen molar-refractivity contribution in [1.29, 1.82) is 5.26 Å². The molecule has 0 aromatic rings. The Bertz CT molecular complexity index is 224. The molecule has 0 aromatic carbocycles. The summed E-state index contributed by atoms with van der Waals surface area (Å²) in [7, 11) is 0. The fourth-order valence-electron chi connectivity index (χ4n) is 2.53. The van der Waals surface area contributed by atoms with Gasteiger partial charge in [-0.1, -0.05) is 33.1 Å². The first kappa shape index (κ1) is 12.4. The molecule has 1 rings (SSSR count). The number of hydrogen-bond donors (Lipinski definition) is 0. The van der Waals surface area contributed by atoms with E-state index in [4.69, 9.17) is 5.26 Å². The van der Waals surface area contributed by atoms with Gasteiger partial charge in [-0.05, 0) is 25.9 Å². The topological polar surface area (TPSA) is 27.0 Å². The van der Waals surface area contributed by atoms with E-state index in [0.29, 0.717) is 12.8 Å². The molecule has 86 valence electrons. The lowest BCUT2D eigenvalue weighted by Gasteiger charge is -2.38. The Hall–Kier alpha value is -0.620. The van der Waals surface area contributed by atoms with Crippen molar-refractivity contribution >= 4 is 0 Å². The van der Waals surface area contributed by atoms with Gasteiger partial charge in [0.2, 0.25) is 0 Å². The summed E-state index contributed by atoms with van der Waals surface area (Å²) in [5, 5.41) is 9.14. The lowest BCUT2D eigenvalue weighted by Crippen LogP contribution is -2.50. The summed E-state index contributed by atoms with van der Waals surface area (Å²) < 4.78 is 14.6. The molecule has 0 N–H and O–H groups in total. The predicted molar refractivity (Wildman–Crippen MR) is 59.2 cm³/mol. The highest BCUT2D eigenvalue weighted by Gasteiger charge is 2.42. The molecule has 1 aliphatic rings. The predicted octanol–water partition coefficient (Wildman–Crippen LogP) is 2.89. The van der Waals surface area contributed by atoms with E-state index in [9.17, 15) is 4.39 Å². The highest BCUT2D eigenvalue weighted by atomic mass is 19.1. The van der Waals surface area contributed by atoms with E-state index in [1.165, 1.54) is 0 Å². The van der Waals surface area contributed by atoms with Crippen LogP contribution in [0.5, 0.6) is 0 Å². The average Bonchev–Trinajstić information content (AvgIpc) is 2.26. The number of nitriles is 1. The van der Waals surface area contributed by atoms with E-state index in [1.54, 1.807) is 0 Å². The summed E-state index contributed by atoms with van der Waals surface area (Å²) in [5.74, 6) is 0. The molecule has 15 heavy (non-hydrogen) atoms. The van der Waals surface area contributed by atoms with Crippen LogP contribution in [0.15, 0.2) is 0 Å². The average molecular weight is 212 g/mol. The summed E-state index contributed by atoms with van der Waals surface area (Å²) in [4.78, 5) is 1.94. The number of hydrogen-bond acceptors (Lipinski definition) is 2. The standard InChI is InChI=1S/C12H21FN2/c1-3-15(4-2)11(10-14)12(13)8-6-5-7-9-12/h11H,3-9H2,1-2H3. The SMILES string of the molecule is CCN(CC)C(C#N)C1(F)CCCCC1. The van der Waals surface area contributed by atoms with Crippen LogP contribution in [0.25, 0.3) is 0 Å². The Balaban J connectivity index is 2.75. The van der Waals surface area contributed by atoms with E-state index in [2.05, 4.69) is 6.07 Å². The maximum atomic E-state index is 14.6. The van der Waals surface area contributed by atoms with Gasteiger partial charge >= 0.3 is 0 Å². The van der Waals surface area contributed by atoms with Crippen molar-refractivity contribution < 1.29 is 4.39 Å². The highest BCUT2D eigenvalue weighted by Crippen LogP contribution is 2.36. The Morgan fingerprint density at radius 2 is 1.80 bits per heavy atom. The Morgan fingerprint density at radius 3 is 2.20 bits per heavy atom. The van der Waals surface area contributed by atoms with E-state index >= 15 is 0 Å². The fraction of sp³-hybridized carbons (Fsp3) is 0.917. The Morgan fingerprint density at radius 1 is 1.27 bits per heavy atom. The molecule has 1 atom stereocenters. The highest BCUT2D eigenvalue weighted by molar-refractivity contribution is 5.07. The maximum absolute atomic E-state index is 14.6. The van der Waals surface area contributed by atoms with Gasteiger partial charge in [-0.3, -0.25) is 4.90 Å². The van der Waals surface area contributed by atoms with Gasteiger partial charge in [0.15, 0.2) is 0 Å². The van der Waals surface area contributed by atoms with Gasteiger partial charge in [0.1, 0.15) is 11.7 Å². The van der Waals surface area contributed by atoms with Crippen molar-refractivity contribution in [1.82, 2.24) is 4.90 Å². The second kappa shape index (κ2) is 5.46. The largest absolute Gasteiger partial charge is 0.286 e. The number of alkyl halides is 1. The molecular formula is C12H21FN2. The van der Waals surface area contributed by atoms with Gasteiger partial charge in [0.05, 0.1) is 6.07 Å². The minimum atomic E-state index is -1.26. The summed E-state index contributed by atoms with van der Waals surface area (Å²) in [6, 6.07) is 1.62. The second-order valence-corrected chi connectivity index (χ2v) is 4.35. The molecule has 0 spiro atoms. The van der Waals surface area contributed by atoms with Crippen LogP contribution >= 0.6 is 0 Å². The van der Waals surface area contributed by atoms with Crippen molar-refractivity contribution in [3.8, 4) is 6.07 Å². The first-order chi connectivity index (χ1) is 7.18. The molecule has 0 radical (unpaired) electrons. The van der Waals surface area contributed by atoms with Gasteiger partial charge in [0, 0.05) is 0 Å². The molecule has 1 unspecified atom stereocenters. The molecular weight excluding hydrogens is 191 g/mol. The van der Waals surface area contributed by atoms with Crippen molar-refractivity contribution in [3.05, 3.63) is 0 Å². The van der Waals surface area contributed by atoms with Crippen LogP contribution in [0.2, 0.25) is 0 Å². The smallest absolute Gasteiger partial charge is 0.139 e. The summed E-state index contributed by atoms with van der Waals surface area (Å²) in [6.45, 7) is 5.47. The van der Waals surface area contributed by atoms with E-state index in [1.807, 2.05) is 18.7 Å². The number of rotatable bonds is 4. The first-order valence-electron chi connectivity index (χ1n) is 6.00. The van der Waals surface area contributed by atoms with Crippen LogP contribution < -0.4 is 0 Å². The van der Waals surface area contributed by atoms with E-state index in [-0.39, 0.29) is 0 Å². The van der Waals surface area contributed by atoms with Crippen molar-refractivity contribution in [2.75, 3.05) is 13.1 Å². The maximum Gasteiger partial charge on any atom is 0.139 e. The molecule has 2 nitrogen and oxygen atoms in total. The molecule has 0 amide bonds. The molecule has 0 aromatic heterocycles. The molecule has 1 saturated carbocycles. The second-order valence-electron chi connectivity index (χ2n) is 4.35. The van der Waals surface area contributed by atoms with Crippen LogP contribution in [0.4, 0.5) is 4.39 Å². The monoisotopic (exact) mass is 212 g/mol. The Labute approximate surface area is 92.1 Å². The zero-order valence-electron chi connectivity index (χ0n) is 9.80. The minimum Gasteiger partial charge on any atom is -0.286 e. The first-order valence-corrected chi connectivity index (χ1v) is 6.00. The van der Waals surface area contributed by atoms with Gasteiger partial charge in [-0.2, -0.15) is 5.26 Å². The van der Waals surface area contributed by atoms with Crippen molar-refractivity contribution in [2.24, 2.45) is 0 Å². The van der Waals surface area contributed by atoms with Crippen LogP contribution in [-0.2, 0) is 0 Å².